The van der Waals surface area contributed by atoms with Crippen LogP contribution in [0, 0.1) is 6.92 Å². The molecule has 0 aliphatic rings. The fourth-order valence-electron chi connectivity index (χ4n) is 3.03. The Balaban J connectivity index is 2.03. The van der Waals surface area contributed by atoms with E-state index in [4.69, 9.17) is 5.21 Å². The third kappa shape index (κ3) is 4.29. The average Bonchev–Trinajstić information content (AvgIpc) is 3.00. The first-order chi connectivity index (χ1) is 13.7. The molecular formula is C19H20N4O5S. The summed E-state index contributed by atoms with van der Waals surface area (Å²) in [6.07, 6.45) is 1.48. The van der Waals surface area contributed by atoms with Gasteiger partial charge in [-0.05, 0) is 30.2 Å². The van der Waals surface area contributed by atoms with Crippen molar-refractivity contribution >= 4 is 27.7 Å². The predicted molar refractivity (Wildman–Crippen MR) is 106 cm³/mol. The Morgan fingerprint density at radius 1 is 1.10 bits per heavy atom. The van der Waals surface area contributed by atoms with Crippen LogP contribution in [0.5, 0.6) is 0 Å². The van der Waals surface area contributed by atoms with Gasteiger partial charge in [0.1, 0.15) is 5.82 Å². The molecule has 3 rings (SSSR count). The zero-order valence-corrected chi connectivity index (χ0v) is 16.5. The first kappa shape index (κ1) is 20.5. The summed E-state index contributed by atoms with van der Waals surface area (Å²) in [5.41, 5.74) is 2.98. The molecule has 2 aromatic carbocycles. The van der Waals surface area contributed by atoms with Crippen molar-refractivity contribution in [2.45, 2.75) is 12.8 Å². The van der Waals surface area contributed by atoms with Crippen molar-refractivity contribution < 1.29 is 23.0 Å². The van der Waals surface area contributed by atoms with E-state index in [1.807, 2.05) is 0 Å². The Morgan fingerprint density at radius 2 is 1.69 bits per heavy atom. The molecule has 1 amide bonds. The molecule has 152 valence electrons. The molecule has 0 aliphatic carbocycles. The molecule has 1 aromatic heterocycles. The van der Waals surface area contributed by atoms with E-state index in [0.717, 1.165) is 0 Å². The van der Waals surface area contributed by atoms with Gasteiger partial charge in [0.25, 0.3) is 5.91 Å². The molecule has 0 aliphatic heterocycles. The van der Waals surface area contributed by atoms with Crippen LogP contribution in [0.3, 0.4) is 0 Å². The fraction of sp³-hybridized carbons (Fsp3) is 0.158. The van der Waals surface area contributed by atoms with Gasteiger partial charge in [-0.3, -0.25) is 14.6 Å². The Bertz CT molecular complexity index is 1090. The predicted octanol–water partition coefficient (Wildman–Crippen LogP) is 2.31. The van der Waals surface area contributed by atoms with Crippen molar-refractivity contribution in [2.24, 2.45) is 7.05 Å². The molecule has 10 heteroatoms. The highest BCUT2D eigenvalue weighted by Crippen LogP contribution is 2.31. The number of carbonyl (C=O) groups is 1. The third-order valence-electron chi connectivity index (χ3n) is 4.50. The number of aromatic nitrogens is 2. The van der Waals surface area contributed by atoms with Gasteiger partial charge in [-0.1, -0.05) is 42.5 Å². The Hall–Kier alpha value is -3.21. The number of amides is 1. The summed E-state index contributed by atoms with van der Waals surface area (Å²) in [4.78, 5) is 16.4. The van der Waals surface area contributed by atoms with Crippen molar-refractivity contribution in [3.63, 3.8) is 0 Å². The summed E-state index contributed by atoms with van der Waals surface area (Å²) in [7, 11) is -2.94. The zero-order chi connectivity index (χ0) is 21.2. The number of benzene rings is 2. The van der Waals surface area contributed by atoms with Crippen molar-refractivity contribution in [1.82, 2.24) is 15.0 Å². The van der Waals surface area contributed by atoms with Crippen molar-refractivity contribution in [1.29, 1.82) is 0 Å². The number of aryl methyl sites for hydroxylation is 2. The van der Waals surface area contributed by atoms with Crippen LogP contribution in [-0.4, -0.2) is 33.6 Å². The number of rotatable bonds is 6. The summed E-state index contributed by atoms with van der Waals surface area (Å²) >= 11 is 0. The van der Waals surface area contributed by atoms with Gasteiger partial charge in [0.15, 0.2) is 5.82 Å². The average molecular weight is 416 g/mol. The van der Waals surface area contributed by atoms with E-state index in [-0.39, 0.29) is 11.5 Å². The Kier molecular flexibility index (Phi) is 5.69. The molecule has 1 atom stereocenters. The maximum absolute atomic E-state index is 12.2. The summed E-state index contributed by atoms with van der Waals surface area (Å²) < 4.78 is 36.0. The van der Waals surface area contributed by atoms with Crippen LogP contribution < -0.4 is 9.79 Å². The van der Waals surface area contributed by atoms with E-state index in [1.165, 1.54) is 18.3 Å². The Labute approximate surface area is 168 Å². The number of imidazole rings is 1. The molecular weight excluding hydrogens is 396 g/mol. The molecule has 3 N–H and O–H groups in total. The number of nitrogens with one attached hydrogen (secondary N) is 1. The molecule has 9 nitrogen and oxygen atoms in total. The van der Waals surface area contributed by atoms with Crippen LogP contribution >= 0.6 is 0 Å². The smallest absolute Gasteiger partial charge is 0.336 e. The number of nitrogens with zero attached hydrogens (tertiary/aromatic N) is 3. The molecule has 3 aromatic rings. The second-order valence-electron chi connectivity index (χ2n) is 6.41. The molecule has 0 saturated carbocycles. The first-order valence-electron chi connectivity index (χ1n) is 8.59. The van der Waals surface area contributed by atoms with Gasteiger partial charge in [0.2, 0.25) is 0 Å². The lowest BCUT2D eigenvalue weighted by molar-refractivity contribution is -0.129. The third-order valence-corrected chi connectivity index (χ3v) is 5.36. The van der Waals surface area contributed by atoms with Crippen LogP contribution in [0.25, 0.3) is 0 Å². The van der Waals surface area contributed by atoms with Crippen LogP contribution in [-0.2, 0) is 22.1 Å². The van der Waals surface area contributed by atoms with Gasteiger partial charge >= 0.3 is 10.3 Å². The van der Waals surface area contributed by atoms with Crippen molar-refractivity contribution in [3.8, 4) is 0 Å². The largest absolute Gasteiger partial charge is 0.365 e. The van der Waals surface area contributed by atoms with Crippen LogP contribution in [0.4, 0.5) is 11.5 Å². The van der Waals surface area contributed by atoms with Gasteiger partial charge < -0.3 is 4.57 Å². The molecule has 29 heavy (non-hydrogen) atoms. The summed E-state index contributed by atoms with van der Waals surface area (Å²) in [5, 5.41) is 9.12. The van der Waals surface area contributed by atoms with E-state index < -0.39 is 22.1 Å². The van der Waals surface area contributed by atoms with E-state index >= 15 is 0 Å². The van der Waals surface area contributed by atoms with E-state index in [2.05, 4.69) is 4.98 Å². The highest BCUT2D eigenvalue weighted by Gasteiger charge is 2.27. The highest BCUT2D eigenvalue weighted by molar-refractivity contribution is 7.87. The lowest BCUT2D eigenvalue weighted by atomic mass is 9.90. The minimum absolute atomic E-state index is 0.0351. The topological polar surface area (TPSA) is 125 Å². The molecule has 0 radical (unpaired) electrons. The van der Waals surface area contributed by atoms with Gasteiger partial charge in [0, 0.05) is 13.2 Å². The quantitative estimate of drug-likeness (QED) is 0.322. The minimum atomic E-state index is -4.64. The number of carbonyl (C=O) groups excluding carboxylic acids is 1. The maximum Gasteiger partial charge on any atom is 0.365 e. The van der Waals surface area contributed by atoms with E-state index in [1.54, 1.807) is 66.5 Å². The van der Waals surface area contributed by atoms with Crippen molar-refractivity contribution in [2.75, 3.05) is 4.31 Å². The highest BCUT2D eigenvalue weighted by atomic mass is 32.2. The molecule has 0 fully saturated rings. The van der Waals surface area contributed by atoms with Crippen LogP contribution in [0.2, 0.25) is 0 Å². The number of anilines is 2. The SMILES string of the molecule is Cc1nc(N(c2ccc(C(C(=O)NO)c3ccccc3)cc2)S(=O)(=O)O)cn1C. The minimum Gasteiger partial charge on any atom is -0.336 e. The van der Waals surface area contributed by atoms with E-state index in [9.17, 15) is 17.8 Å². The maximum atomic E-state index is 12.2. The monoisotopic (exact) mass is 416 g/mol. The van der Waals surface area contributed by atoms with Crippen LogP contribution in [0.15, 0.2) is 60.8 Å². The lowest BCUT2D eigenvalue weighted by Crippen LogP contribution is -2.27. The summed E-state index contributed by atoms with van der Waals surface area (Å²) in [5.74, 6) is -0.829. The normalized spacial score (nSPS) is 12.4. The second-order valence-corrected chi connectivity index (χ2v) is 7.67. The van der Waals surface area contributed by atoms with Crippen LogP contribution in [0.1, 0.15) is 22.9 Å². The van der Waals surface area contributed by atoms with Gasteiger partial charge in [0.05, 0.1) is 11.6 Å². The van der Waals surface area contributed by atoms with Gasteiger partial charge in [-0.15, -0.1) is 0 Å². The first-order valence-corrected chi connectivity index (χ1v) is 9.98. The number of hydrogen-bond donors (Lipinski definition) is 3. The Morgan fingerprint density at radius 3 is 2.17 bits per heavy atom. The van der Waals surface area contributed by atoms with E-state index in [0.29, 0.717) is 21.3 Å². The summed E-state index contributed by atoms with van der Waals surface area (Å²) in [6, 6.07) is 14.8. The molecule has 1 unspecified atom stereocenters. The molecule has 0 bridgehead atoms. The van der Waals surface area contributed by atoms with Gasteiger partial charge in [-0.25, -0.2) is 10.5 Å². The number of hydrogen-bond acceptors (Lipinski definition) is 5. The summed E-state index contributed by atoms with van der Waals surface area (Å²) in [6.45, 7) is 1.70. The lowest BCUT2D eigenvalue weighted by Gasteiger charge is -2.20. The molecule has 1 heterocycles. The standard InChI is InChI=1S/C19H20N4O5S/c1-13-20-17(12-22(13)2)23(29(26,27)28)16-10-8-15(9-11-16)18(19(24)21-25)14-6-4-3-5-7-14/h3-12,18,25H,1-2H3,(H,21,24)(H,26,27,28). The second kappa shape index (κ2) is 8.03. The molecule has 0 saturated heterocycles. The number of hydroxylamine groups is 1. The van der Waals surface area contributed by atoms with Crippen molar-refractivity contribution in [3.05, 3.63) is 77.7 Å². The fourth-order valence-corrected chi connectivity index (χ4v) is 3.74. The molecule has 0 spiro atoms. The zero-order valence-electron chi connectivity index (χ0n) is 15.7. The van der Waals surface area contributed by atoms with Gasteiger partial charge in [-0.2, -0.15) is 12.7 Å².